The fourth-order valence-electron chi connectivity index (χ4n) is 2.56. The van der Waals surface area contributed by atoms with Crippen LogP contribution in [0.3, 0.4) is 0 Å². The van der Waals surface area contributed by atoms with Crippen LogP contribution in [0.1, 0.15) is 22.8 Å². The van der Waals surface area contributed by atoms with Crippen LogP contribution in [0.5, 0.6) is 17.5 Å². The lowest BCUT2D eigenvalue weighted by Crippen LogP contribution is -2.26. The molecule has 0 unspecified atom stereocenters. The van der Waals surface area contributed by atoms with E-state index in [1.165, 1.54) is 19.9 Å². The number of rotatable bonds is 5. The van der Waals surface area contributed by atoms with Crippen molar-refractivity contribution in [3.63, 3.8) is 0 Å². The molecule has 12 heteroatoms. The zero-order valence-electron chi connectivity index (χ0n) is 15.4. The number of hydrogen-bond acceptors (Lipinski definition) is 9. The highest BCUT2D eigenvalue weighted by atomic mass is 35.5. The van der Waals surface area contributed by atoms with Crippen LogP contribution in [-0.4, -0.2) is 33.7 Å². The molecule has 0 aliphatic heterocycles. The third kappa shape index (κ3) is 3.87. The summed E-state index contributed by atoms with van der Waals surface area (Å²) in [6.07, 6.45) is 0. The highest BCUT2D eigenvalue weighted by molar-refractivity contribution is 6.40. The van der Waals surface area contributed by atoms with E-state index in [9.17, 15) is 24.6 Å². The number of aromatic hydroxyl groups is 2. The molecule has 3 rings (SSSR count). The summed E-state index contributed by atoms with van der Waals surface area (Å²) in [7, 11) is 0. The molecule has 158 valence electrons. The first-order valence-corrected chi connectivity index (χ1v) is 8.91. The normalized spacial score (nSPS) is 10.8. The Hall–Kier alpha value is -3.37. The number of carbonyl (C=O) groups excluding carboxylic acids is 2. The molecule has 0 fully saturated rings. The smallest absolute Gasteiger partial charge is 0.371 e. The van der Waals surface area contributed by atoms with Crippen molar-refractivity contribution in [1.82, 2.24) is 4.73 Å². The van der Waals surface area contributed by atoms with Gasteiger partial charge in [0.2, 0.25) is 18.6 Å². The molecule has 0 atom stereocenters. The van der Waals surface area contributed by atoms with E-state index >= 15 is 0 Å². The molecule has 1 aromatic carbocycles. The van der Waals surface area contributed by atoms with Crippen LogP contribution in [0.2, 0.25) is 10.0 Å². The van der Waals surface area contributed by atoms with Crippen LogP contribution in [-0.2, 0) is 9.53 Å². The first-order valence-electron chi connectivity index (χ1n) is 8.15. The van der Waals surface area contributed by atoms with E-state index in [1.807, 2.05) is 0 Å². The number of fused-ring (bicyclic) bond motifs is 1. The molecule has 30 heavy (non-hydrogen) atoms. The Bertz CT molecular complexity index is 1210. The second-order valence-corrected chi connectivity index (χ2v) is 6.67. The standard InChI is InChI=1S/C18H13Cl2NO9/c1-7-9-5-10(19)16(28-6-27-8(2)22)14(20)15(9)29-17(25)13(7)18(26)30-21-11(23)3-4-12(21)24/h3-5,23-24H,6H2,1-2H3. The van der Waals surface area contributed by atoms with Gasteiger partial charge in [0, 0.05) is 24.4 Å². The average molecular weight is 458 g/mol. The van der Waals surface area contributed by atoms with Crippen LogP contribution in [0.4, 0.5) is 0 Å². The lowest BCUT2D eigenvalue weighted by Gasteiger charge is -2.13. The number of halogens is 2. The van der Waals surface area contributed by atoms with Gasteiger partial charge in [-0.15, -0.1) is 4.73 Å². The molecule has 0 saturated carbocycles. The van der Waals surface area contributed by atoms with Crippen LogP contribution in [0.25, 0.3) is 11.0 Å². The second-order valence-electron chi connectivity index (χ2n) is 5.89. The van der Waals surface area contributed by atoms with Crippen molar-refractivity contribution in [3.05, 3.63) is 49.8 Å². The highest BCUT2D eigenvalue weighted by Gasteiger charge is 2.25. The Morgan fingerprint density at radius 2 is 1.83 bits per heavy atom. The molecule has 2 aromatic heterocycles. The number of benzene rings is 1. The fraction of sp³-hybridized carbons (Fsp3) is 0.167. The number of nitrogens with zero attached hydrogens (tertiary/aromatic N) is 1. The van der Waals surface area contributed by atoms with Gasteiger partial charge >= 0.3 is 17.6 Å². The summed E-state index contributed by atoms with van der Waals surface area (Å²) < 4.78 is 15.5. The minimum absolute atomic E-state index is 0.00313. The molecule has 0 amide bonds. The van der Waals surface area contributed by atoms with Gasteiger partial charge in [-0.2, -0.15) is 0 Å². The van der Waals surface area contributed by atoms with Gasteiger partial charge in [-0.25, -0.2) is 9.59 Å². The minimum atomic E-state index is -1.20. The molecule has 0 aliphatic carbocycles. The van der Waals surface area contributed by atoms with Gasteiger partial charge in [-0.3, -0.25) is 4.79 Å². The predicted octanol–water partition coefficient (Wildman–Crippen LogP) is 2.79. The van der Waals surface area contributed by atoms with Crippen molar-refractivity contribution in [2.75, 3.05) is 6.79 Å². The van der Waals surface area contributed by atoms with Gasteiger partial charge in [0.25, 0.3) is 0 Å². The van der Waals surface area contributed by atoms with E-state index in [-0.39, 0.29) is 32.3 Å². The van der Waals surface area contributed by atoms with Crippen molar-refractivity contribution in [3.8, 4) is 17.5 Å². The predicted molar refractivity (Wildman–Crippen MR) is 103 cm³/mol. The summed E-state index contributed by atoms with van der Waals surface area (Å²) in [6.45, 7) is 2.14. The number of aromatic nitrogens is 1. The van der Waals surface area contributed by atoms with E-state index in [0.717, 1.165) is 12.1 Å². The summed E-state index contributed by atoms with van der Waals surface area (Å²) in [5, 5.41) is 19.2. The van der Waals surface area contributed by atoms with Crippen molar-refractivity contribution in [1.29, 1.82) is 0 Å². The number of carbonyl (C=O) groups is 2. The maximum atomic E-state index is 12.5. The zero-order chi connectivity index (χ0) is 22.2. The number of esters is 1. The van der Waals surface area contributed by atoms with Gasteiger partial charge in [-0.1, -0.05) is 23.2 Å². The van der Waals surface area contributed by atoms with Crippen LogP contribution >= 0.6 is 23.2 Å². The van der Waals surface area contributed by atoms with Gasteiger partial charge in [-0.05, 0) is 18.6 Å². The molecule has 0 spiro atoms. The van der Waals surface area contributed by atoms with Crippen molar-refractivity contribution >= 4 is 46.1 Å². The van der Waals surface area contributed by atoms with Crippen molar-refractivity contribution in [2.45, 2.75) is 13.8 Å². The Morgan fingerprint density at radius 1 is 1.20 bits per heavy atom. The average Bonchev–Trinajstić information content (AvgIpc) is 2.97. The molecular weight excluding hydrogens is 445 g/mol. The lowest BCUT2D eigenvalue weighted by molar-refractivity contribution is -0.147. The Labute approximate surface area is 177 Å². The minimum Gasteiger partial charge on any atom is -0.492 e. The Morgan fingerprint density at radius 3 is 2.43 bits per heavy atom. The molecule has 0 saturated heterocycles. The zero-order valence-corrected chi connectivity index (χ0v) is 16.9. The molecule has 10 nitrogen and oxygen atoms in total. The molecule has 0 radical (unpaired) electrons. The summed E-state index contributed by atoms with van der Waals surface area (Å²) in [5.41, 5.74) is -1.60. The van der Waals surface area contributed by atoms with E-state index < -0.39 is 41.7 Å². The maximum absolute atomic E-state index is 12.5. The summed E-state index contributed by atoms with van der Waals surface area (Å²) >= 11 is 12.4. The first-order chi connectivity index (χ1) is 14.1. The highest BCUT2D eigenvalue weighted by Crippen LogP contribution is 2.40. The summed E-state index contributed by atoms with van der Waals surface area (Å²) in [6, 6.07) is 3.50. The molecule has 2 heterocycles. The lowest BCUT2D eigenvalue weighted by atomic mass is 10.1. The van der Waals surface area contributed by atoms with Crippen molar-refractivity contribution in [2.24, 2.45) is 0 Å². The molecule has 0 aliphatic rings. The number of hydrogen-bond donors (Lipinski definition) is 2. The van der Waals surface area contributed by atoms with Gasteiger partial charge < -0.3 is 28.9 Å². The SMILES string of the molecule is CC(=O)OCOc1c(Cl)cc2c(C)c(C(=O)On3c(O)ccc3O)c(=O)oc2c1Cl. The quantitative estimate of drug-likeness (QED) is 0.336. The second kappa shape index (κ2) is 8.17. The topological polar surface area (TPSA) is 137 Å². The first kappa shape index (κ1) is 21.3. The van der Waals surface area contributed by atoms with E-state index in [0.29, 0.717) is 4.73 Å². The summed E-state index contributed by atoms with van der Waals surface area (Å²) in [5.74, 6) is -3.01. The maximum Gasteiger partial charge on any atom is 0.371 e. The molecule has 0 bridgehead atoms. The third-order valence-electron chi connectivity index (χ3n) is 3.95. The molecule has 3 aromatic rings. The Kier molecular flexibility index (Phi) is 5.81. The Balaban J connectivity index is 2.06. The van der Waals surface area contributed by atoms with Crippen LogP contribution < -0.4 is 15.2 Å². The monoisotopic (exact) mass is 457 g/mol. The van der Waals surface area contributed by atoms with Gasteiger partial charge in [0.1, 0.15) is 5.02 Å². The van der Waals surface area contributed by atoms with Crippen LogP contribution in [0, 0.1) is 6.92 Å². The van der Waals surface area contributed by atoms with Crippen LogP contribution in [0.15, 0.2) is 27.4 Å². The third-order valence-corrected chi connectivity index (χ3v) is 4.57. The van der Waals surface area contributed by atoms with Crippen molar-refractivity contribution < 1.29 is 38.5 Å². The van der Waals surface area contributed by atoms with E-state index in [1.54, 1.807) is 0 Å². The van der Waals surface area contributed by atoms with E-state index in [2.05, 4.69) is 4.74 Å². The van der Waals surface area contributed by atoms with Gasteiger partial charge in [0.05, 0.1) is 5.02 Å². The number of ether oxygens (including phenoxy) is 2. The van der Waals surface area contributed by atoms with E-state index in [4.69, 9.17) is 37.2 Å². The summed E-state index contributed by atoms with van der Waals surface area (Å²) in [4.78, 5) is 40.6. The number of aryl methyl sites for hydroxylation is 1. The molecular formula is C18H13Cl2NO9. The molecule has 2 N–H and O–H groups in total. The fourth-order valence-corrected chi connectivity index (χ4v) is 3.16. The van der Waals surface area contributed by atoms with Gasteiger partial charge in [0.15, 0.2) is 16.9 Å². The largest absolute Gasteiger partial charge is 0.492 e.